The minimum absolute atomic E-state index is 0.132. The van der Waals surface area contributed by atoms with Crippen molar-refractivity contribution < 1.29 is 13.2 Å². The van der Waals surface area contributed by atoms with E-state index in [0.29, 0.717) is 18.8 Å². The van der Waals surface area contributed by atoms with Crippen molar-refractivity contribution in [2.24, 2.45) is 5.73 Å². The molecule has 0 amide bonds. The molecule has 106 valence electrons. The zero-order valence-electron chi connectivity index (χ0n) is 11.0. The molecule has 0 radical (unpaired) electrons. The quantitative estimate of drug-likeness (QED) is 0.894. The van der Waals surface area contributed by atoms with Crippen molar-refractivity contribution in [2.45, 2.75) is 31.4 Å². The number of alkyl halides is 3. The molecule has 1 unspecified atom stereocenters. The van der Waals surface area contributed by atoms with Crippen molar-refractivity contribution in [1.82, 2.24) is 0 Å². The molecule has 1 heterocycles. The lowest BCUT2D eigenvalue weighted by molar-refractivity contribution is -0.137. The van der Waals surface area contributed by atoms with Gasteiger partial charge in [-0.3, -0.25) is 0 Å². The number of nitrogens with two attached hydrogens (primary N) is 1. The van der Waals surface area contributed by atoms with Gasteiger partial charge in [0.15, 0.2) is 0 Å². The Kier molecular flexibility index (Phi) is 4.04. The fourth-order valence-corrected chi connectivity index (χ4v) is 2.89. The minimum Gasteiger partial charge on any atom is -0.374 e. The second-order valence-corrected chi connectivity index (χ2v) is 5.08. The maximum Gasteiger partial charge on any atom is 0.418 e. The summed E-state index contributed by atoms with van der Waals surface area (Å²) < 4.78 is 39.4. The molecule has 2 rings (SSSR count). The van der Waals surface area contributed by atoms with E-state index in [0.717, 1.165) is 24.8 Å². The van der Waals surface area contributed by atoms with Crippen LogP contribution in [0.15, 0.2) is 18.2 Å². The minimum atomic E-state index is -4.31. The Balaban J connectivity index is 2.55. The Labute approximate surface area is 111 Å². The molecule has 0 aliphatic carbocycles. The third kappa shape index (κ3) is 2.86. The van der Waals surface area contributed by atoms with Gasteiger partial charge in [0.2, 0.25) is 0 Å². The second kappa shape index (κ2) is 5.41. The summed E-state index contributed by atoms with van der Waals surface area (Å²) in [4.78, 5) is 1.73. The van der Waals surface area contributed by atoms with Gasteiger partial charge in [-0.25, -0.2) is 0 Å². The van der Waals surface area contributed by atoms with Gasteiger partial charge >= 0.3 is 6.18 Å². The molecule has 0 saturated heterocycles. The van der Waals surface area contributed by atoms with E-state index in [-0.39, 0.29) is 5.92 Å². The van der Waals surface area contributed by atoms with Crippen LogP contribution >= 0.6 is 0 Å². The van der Waals surface area contributed by atoms with Crippen LogP contribution in [-0.4, -0.2) is 20.1 Å². The molecule has 0 saturated carbocycles. The average Bonchev–Trinajstić information content (AvgIpc) is 2.50. The normalized spacial score (nSPS) is 20.1. The highest BCUT2D eigenvalue weighted by atomic mass is 19.4. The van der Waals surface area contributed by atoms with E-state index in [1.807, 2.05) is 6.07 Å². The Hall–Kier alpha value is -1.23. The van der Waals surface area contributed by atoms with Gasteiger partial charge in [0.05, 0.1) is 11.3 Å². The summed E-state index contributed by atoms with van der Waals surface area (Å²) in [5.41, 5.74) is 6.19. The lowest BCUT2D eigenvalue weighted by Crippen LogP contribution is -2.22. The first-order chi connectivity index (χ1) is 8.95. The molecule has 0 fully saturated rings. The van der Waals surface area contributed by atoms with E-state index in [2.05, 4.69) is 0 Å². The van der Waals surface area contributed by atoms with Gasteiger partial charge in [0.25, 0.3) is 0 Å². The zero-order chi connectivity index (χ0) is 14.0. The van der Waals surface area contributed by atoms with Crippen LogP contribution in [-0.2, 0) is 6.18 Å². The highest BCUT2D eigenvalue weighted by Crippen LogP contribution is 2.43. The molecule has 1 aliphatic rings. The average molecular weight is 272 g/mol. The van der Waals surface area contributed by atoms with E-state index in [1.165, 1.54) is 12.1 Å². The van der Waals surface area contributed by atoms with Crippen molar-refractivity contribution in [1.29, 1.82) is 0 Å². The standard InChI is InChI=1S/C14H19F3N2/c1-19-9-3-4-10(7-8-18)11-5-2-6-12(13(11)19)14(15,16)17/h2,5-6,10H,3-4,7-9,18H2,1H3. The van der Waals surface area contributed by atoms with Gasteiger partial charge in [-0.05, 0) is 43.4 Å². The van der Waals surface area contributed by atoms with Gasteiger partial charge in [0.1, 0.15) is 0 Å². The lowest BCUT2D eigenvalue weighted by Gasteiger charge is -2.25. The topological polar surface area (TPSA) is 29.3 Å². The van der Waals surface area contributed by atoms with E-state index in [9.17, 15) is 13.2 Å². The number of anilines is 1. The van der Waals surface area contributed by atoms with Crippen LogP contribution in [0.1, 0.15) is 36.3 Å². The lowest BCUT2D eigenvalue weighted by atomic mass is 9.89. The Morgan fingerprint density at radius 2 is 2.11 bits per heavy atom. The van der Waals surface area contributed by atoms with Crippen LogP contribution in [0.5, 0.6) is 0 Å². The molecule has 1 atom stereocenters. The number of hydrogen-bond donors (Lipinski definition) is 1. The Morgan fingerprint density at radius 1 is 1.37 bits per heavy atom. The molecule has 0 spiro atoms. The van der Waals surface area contributed by atoms with Crippen LogP contribution in [0.3, 0.4) is 0 Å². The predicted octanol–water partition coefficient (Wildman–Crippen LogP) is 3.37. The fourth-order valence-electron chi connectivity index (χ4n) is 2.89. The number of benzene rings is 1. The molecule has 1 aliphatic heterocycles. The first-order valence-corrected chi connectivity index (χ1v) is 6.56. The molecule has 2 N–H and O–H groups in total. The summed E-state index contributed by atoms with van der Waals surface area (Å²) in [5, 5.41) is 0. The van der Waals surface area contributed by atoms with Crippen LogP contribution in [0.4, 0.5) is 18.9 Å². The first kappa shape index (κ1) is 14.2. The molecule has 19 heavy (non-hydrogen) atoms. The summed E-state index contributed by atoms with van der Waals surface area (Å²) >= 11 is 0. The van der Waals surface area contributed by atoms with Crippen molar-refractivity contribution in [3.05, 3.63) is 29.3 Å². The largest absolute Gasteiger partial charge is 0.418 e. The smallest absolute Gasteiger partial charge is 0.374 e. The summed E-state index contributed by atoms with van der Waals surface area (Å²) in [6, 6.07) is 4.48. The molecular formula is C14H19F3N2. The third-order valence-electron chi connectivity index (χ3n) is 3.76. The number of fused-ring (bicyclic) bond motifs is 1. The summed E-state index contributed by atoms with van der Waals surface area (Å²) in [6.07, 6.45) is -1.78. The van der Waals surface area contributed by atoms with Crippen LogP contribution in [0.2, 0.25) is 0 Å². The van der Waals surface area contributed by atoms with E-state index < -0.39 is 11.7 Å². The Bertz CT molecular complexity index is 443. The van der Waals surface area contributed by atoms with Crippen molar-refractivity contribution in [3.8, 4) is 0 Å². The summed E-state index contributed by atoms with van der Waals surface area (Å²) in [5.74, 6) is 0.132. The van der Waals surface area contributed by atoms with E-state index in [1.54, 1.807) is 11.9 Å². The molecule has 2 nitrogen and oxygen atoms in total. The maximum absolute atomic E-state index is 13.1. The van der Waals surface area contributed by atoms with Gasteiger partial charge in [-0.15, -0.1) is 0 Å². The van der Waals surface area contributed by atoms with Crippen molar-refractivity contribution in [2.75, 3.05) is 25.0 Å². The van der Waals surface area contributed by atoms with E-state index >= 15 is 0 Å². The monoisotopic (exact) mass is 272 g/mol. The fraction of sp³-hybridized carbons (Fsp3) is 0.571. The van der Waals surface area contributed by atoms with Gasteiger partial charge in [-0.2, -0.15) is 13.2 Å². The predicted molar refractivity (Wildman–Crippen MR) is 70.4 cm³/mol. The highest BCUT2D eigenvalue weighted by Gasteiger charge is 2.37. The zero-order valence-corrected chi connectivity index (χ0v) is 11.0. The molecule has 1 aromatic rings. The maximum atomic E-state index is 13.1. The van der Waals surface area contributed by atoms with Gasteiger partial charge < -0.3 is 10.6 Å². The van der Waals surface area contributed by atoms with Crippen LogP contribution < -0.4 is 10.6 Å². The molecule has 5 heteroatoms. The summed E-state index contributed by atoms with van der Waals surface area (Å²) in [7, 11) is 1.74. The van der Waals surface area contributed by atoms with Crippen molar-refractivity contribution in [3.63, 3.8) is 0 Å². The summed E-state index contributed by atoms with van der Waals surface area (Å²) in [6.45, 7) is 1.16. The number of rotatable bonds is 2. The van der Waals surface area contributed by atoms with Crippen LogP contribution in [0.25, 0.3) is 0 Å². The number of hydrogen-bond acceptors (Lipinski definition) is 2. The molecular weight excluding hydrogens is 253 g/mol. The van der Waals surface area contributed by atoms with E-state index in [4.69, 9.17) is 5.73 Å². The molecule has 0 bridgehead atoms. The van der Waals surface area contributed by atoms with Gasteiger partial charge in [0, 0.05) is 13.6 Å². The third-order valence-corrected chi connectivity index (χ3v) is 3.76. The highest BCUT2D eigenvalue weighted by molar-refractivity contribution is 5.62. The SMILES string of the molecule is CN1CCCC(CCN)c2cccc(C(F)(F)F)c21. The molecule has 1 aromatic carbocycles. The number of para-hydroxylation sites is 1. The number of halogens is 3. The second-order valence-electron chi connectivity index (χ2n) is 5.08. The van der Waals surface area contributed by atoms with Crippen molar-refractivity contribution >= 4 is 5.69 Å². The molecule has 0 aromatic heterocycles. The first-order valence-electron chi connectivity index (χ1n) is 6.56. The van der Waals surface area contributed by atoms with Crippen LogP contribution in [0, 0.1) is 0 Å². The Morgan fingerprint density at radius 3 is 2.74 bits per heavy atom. The van der Waals surface area contributed by atoms with Gasteiger partial charge in [-0.1, -0.05) is 12.1 Å². The number of nitrogens with zero attached hydrogens (tertiary/aromatic N) is 1.